The van der Waals surface area contributed by atoms with Gasteiger partial charge in [0.2, 0.25) is 0 Å². The molecule has 0 bridgehead atoms. The second kappa shape index (κ2) is 8.13. The van der Waals surface area contributed by atoms with Gasteiger partial charge in [0.25, 0.3) is 5.91 Å². The lowest BCUT2D eigenvalue weighted by atomic mass is 10.2. The molecule has 0 aliphatic rings. The van der Waals surface area contributed by atoms with Gasteiger partial charge in [-0.05, 0) is 49.4 Å². The predicted molar refractivity (Wildman–Crippen MR) is 108 cm³/mol. The number of halogens is 2. The van der Waals surface area contributed by atoms with Crippen LogP contribution in [0.3, 0.4) is 0 Å². The zero-order valence-electron chi connectivity index (χ0n) is 14.3. The molecule has 2 aromatic carbocycles. The lowest BCUT2D eigenvalue weighted by molar-refractivity contribution is -0.112. The van der Waals surface area contributed by atoms with Crippen molar-refractivity contribution in [3.05, 3.63) is 81.5 Å². The standard InChI is InChI=1S/C21H14Cl2N2O2/c1-13-2-5-16(6-3-13)25-21(26)14(12-24)10-17-7-9-20(27-17)18-8-4-15(22)11-19(18)23/h2-11H,1H3,(H,25,26)/b14-10+. The van der Waals surface area contributed by atoms with Gasteiger partial charge in [-0.1, -0.05) is 40.9 Å². The molecule has 0 radical (unpaired) electrons. The van der Waals surface area contributed by atoms with E-state index < -0.39 is 5.91 Å². The second-order valence-electron chi connectivity index (χ2n) is 5.82. The molecule has 6 heteroatoms. The van der Waals surface area contributed by atoms with Crippen LogP contribution in [0, 0.1) is 18.3 Å². The van der Waals surface area contributed by atoms with E-state index in [-0.39, 0.29) is 5.57 Å². The Morgan fingerprint density at radius 3 is 2.52 bits per heavy atom. The lowest BCUT2D eigenvalue weighted by Gasteiger charge is -2.04. The van der Waals surface area contributed by atoms with E-state index in [1.807, 2.05) is 25.1 Å². The fraction of sp³-hybridized carbons (Fsp3) is 0.0476. The molecule has 1 aromatic heterocycles. The van der Waals surface area contributed by atoms with E-state index in [0.29, 0.717) is 32.8 Å². The first-order valence-corrected chi connectivity index (χ1v) is 8.77. The molecule has 0 spiro atoms. The maximum absolute atomic E-state index is 12.3. The Morgan fingerprint density at radius 1 is 1.11 bits per heavy atom. The Kier molecular flexibility index (Phi) is 5.66. The Morgan fingerprint density at radius 2 is 1.85 bits per heavy atom. The zero-order chi connectivity index (χ0) is 19.4. The number of carbonyl (C=O) groups is 1. The van der Waals surface area contributed by atoms with Crippen LogP contribution in [0.5, 0.6) is 0 Å². The molecule has 3 rings (SSSR count). The van der Waals surface area contributed by atoms with Crippen LogP contribution in [0.25, 0.3) is 17.4 Å². The molecular formula is C21H14Cl2N2O2. The highest BCUT2D eigenvalue weighted by Gasteiger charge is 2.13. The number of benzene rings is 2. The summed E-state index contributed by atoms with van der Waals surface area (Å²) in [5.74, 6) is 0.370. The number of amides is 1. The van der Waals surface area contributed by atoms with Crippen molar-refractivity contribution in [3.63, 3.8) is 0 Å². The summed E-state index contributed by atoms with van der Waals surface area (Å²) in [7, 11) is 0. The van der Waals surface area contributed by atoms with Crippen LogP contribution in [0.1, 0.15) is 11.3 Å². The van der Waals surface area contributed by atoms with Gasteiger partial charge in [-0.2, -0.15) is 5.26 Å². The Hall–Kier alpha value is -3.00. The Bertz CT molecular complexity index is 1060. The fourth-order valence-electron chi connectivity index (χ4n) is 2.39. The highest BCUT2D eigenvalue weighted by atomic mass is 35.5. The third-order valence-electron chi connectivity index (χ3n) is 3.78. The van der Waals surface area contributed by atoms with Crippen LogP contribution in [-0.4, -0.2) is 5.91 Å². The SMILES string of the molecule is Cc1ccc(NC(=O)/C(C#N)=C/c2ccc(-c3ccc(Cl)cc3Cl)o2)cc1. The number of rotatable bonds is 4. The van der Waals surface area contributed by atoms with Gasteiger partial charge in [-0.15, -0.1) is 0 Å². The molecule has 1 amide bonds. The van der Waals surface area contributed by atoms with Crippen LogP contribution in [-0.2, 0) is 4.79 Å². The molecule has 4 nitrogen and oxygen atoms in total. The summed E-state index contributed by atoms with van der Waals surface area (Å²) >= 11 is 12.1. The number of aryl methyl sites for hydroxylation is 1. The quantitative estimate of drug-likeness (QED) is 0.427. The smallest absolute Gasteiger partial charge is 0.266 e. The largest absolute Gasteiger partial charge is 0.457 e. The van der Waals surface area contributed by atoms with Gasteiger partial charge in [0, 0.05) is 22.3 Å². The molecule has 0 fully saturated rings. The number of hydrogen-bond acceptors (Lipinski definition) is 3. The molecule has 0 saturated heterocycles. The van der Waals surface area contributed by atoms with E-state index in [4.69, 9.17) is 27.6 Å². The van der Waals surface area contributed by atoms with Gasteiger partial charge in [-0.25, -0.2) is 0 Å². The van der Waals surface area contributed by atoms with Crippen molar-refractivity contribution in [1.82, 2.24) is 0 Å². The van der Waals surface area contributed by atoms with Crippen LogP contribution >= 0.6 is 23.2 Å². The maximum Gasteiger partial charge on any atom is 0.266 e. The van der Waals surface area contributed by atoms with Crippen molar-refractivity contribution in [2.45, 2.75) is 6.92 Å². The molecule has 1 heterocycles. The average molecular weight is 397 g/mol. The zero-order valence-corrected chi connectivity index (χ0v) is 15.8. The maximum atomic E-state index is 12.3. The van der Waals surface area contributed by atoms with Gasteiger partial charge in [0.05, 0.1) is 5.02 Å². The molecule has 3 aromatic rings. The molecule has 134 valence electrons. The summed E-state index contributed by atoms with van der Waals surface area (Å²) in [5.41, 5.74) is 2.29. The van der Waals surface area contributed by atoms with Gasteiger partial charge in [0.15, 0.2) is 0 Å². The van der Waals surface area contributed by atoms with E-state index in [1.54, 1.807) is 42.5 Å². The summed E-state index contributed by atoms with van der Waals surface area (Å²) in [6.45, 7) is 1.95. The van der Waals surface area contributed by atoms with Gasteiger partial charge in [0.1, 0.15) is 23.2 Å². The number of carbonyl (C=O) groups excluding carboxylic acids is 1. The first-order chi connectivity index (χ1) is 13.0. The molecule has 0 unspecified atom stereocenters. The lowest BCUT2D eigenvalue weighted by Crippen LogP contribution is -2.13. The molecule has 0 aliphatic heterocycles. The summed E-state index contributed by atoms with van der Waals surface area (Å²) in [6.07, 6.45) is 1.39. The van der Waals surface area contributed by atoms with Crippen LogP contribution < -0.4 is 5.32 Å². The van der Waals surface area contributed by atoms with E-state index in [2.05, 4.69) is 5.32 Å². The van der Waals surface area contributed by atoms with Crippen molar-refractivity contribution in [2.75, 3.05) is 5.32 Å². The summed E-state index contributed by atoms with van der Waals surface area (Å²) < 4.78 is 5.70. The molecular weight excluding hydrogens is 383 g/mol. The second-order valence-corrected chi connectivity index (χ2v) is 6.66. The number of hydrogen-bond donors (Lipinski definition) is 1. The number of nitriles is 1. The van der Waals surface area contributed by atoms with E-state index >= 15 is 0 Å². The highest BCUT2D eigenvalue weighted by Crippen LogP contribution is 2.32. The van der Waals surface area contributed by atoms with E-state index in [9.17, 15) is 10.1 Å². The number of nitrogens with zero attached hydrogens (tertiary/aromatic N) is 1. The highest BCUT2D eigenvalue weighted by molar-refractivity contribution is 6.36. The molecule has 27 heavy (non-hydrogen) atoms. The third kappa shape index (κ3) is 4.59. The molecule has 0 saturated carbocycles. The van der Waals surface area contributed by atoms with Crippen molar-refractivity contribution >= 4 is 40.9 Å². The minimum atomic E-state index is -0.510. The van der Waals surface area contributed by atoms with E-state index in [1.165, 1.54) is 6.08 Å². The van der Waals surface area contributed by atoms with E-state index in [0.717, 1.165) is 5.56 Å². The minimum Gasteiger partial charge on any atom is -0.457 e. The fourth-order valence-corrected chi connectivity index (χ4v) is 2.89. The minimum absolute atomic E-state index is 0.0707. The number of furan rings is 1. The summed E-state index contributed by atoms with van der Waals surface area (Å²) in [5, 5.41) is 13.0. The number of nitrogens with one attached hydrogen (secondary N) is 1. The molecule has 1 N–H and O–H groups in total. The predicted octanol–water partition coefficient (Wildman–Crippen LogP) is 6.11. The molecule has 0 aliphatic carbocycles. The van der Waals surface area contributed by atoms with Gasteiger partial charge >= 0.3 is 0 Å². The Balaban J connectivity index is 1.82. The van der Waals surface area contributed by atoms with Crippen LogP contribution in [0.2, 0.25) is 10.0 Å². The van der Waals surface area contributed by atoms with Crippen molar-refractivity contribution in [1.29, 1.82) is 5.26 Å². The van der Waals surface area contributed by atoms with Crippen molar-refractivity contribution < 1.29 is 9.21 Å². The van der Waals surface area contributed by atoms with Crippen molar-refractivity contribution in [3.8, 4) is 17.4 Å². The van der Waals surface area contributed by atoms with Gasteiger partial charge < -0.3 is 9.73 Å². The third-order valence-corrected chi connectivity index (χ3v) is 4.33. The monoisotopic (exact) mass is 396 g/mol. The normalized spacial score (nSPS) is 11.1. The number of anilines is 1. The van der Waals surface area contributed by atoms with Crippen LogP contribution in [0.4, 0.5) is 5.69 Å². The van der Waals surface area contributed by atoms with Crippen molar-refractivity contribution in [2.24, 2.45) is 0 Å². The van der Waals surface area contributed by atoms with Gasteiger partial charge in [-0.3, -0.25) is 4.79 Å². The summed E-state index contributed by atoms with van der Waals surface area (Å²) in [4.78, 5) is 12.3. The van der Waals surface area contributed by atoms with Crippen LogP contribution in [0.15, 0.2) is 64.6 Å². The molecule has 0 atom stereocenters. The first-order valence-electron chi connectivity index (χ1n) is 8.01. The Labute approximate surface area is 166 Å². The topological polar surface area (TPSA) is 66.0 Å². The summed E-state index contributed by atoms with van der Waals surface area (Å²) in [6, 6.07) is 17.6. The first kappa shape index (κ1) is 18.8. The average Bonchev–Trinajstić information content (AvgIpc) is 3.09.